The van der Waals surface area contributed by atoms with E-state index in [0.717, 1.165) is 12.8 Å². The first-order chi connectivity index (χ1) is 13.7. The third-order valence-corrected chi connectivity index (χ3v) is 6.20. The quantitative estimate of drug-likeness (QED) is 0.527. The zero-order valence-electron chi connectivity index (χ0n) is 15.8. The minimum atomic E-state index is -0.575. The topological polar surface area (TPSA) is 55.8 Å². The van der Waals surface area contributed by atoms with Gasteiger partial charge in [0, 0.05) is 5.92 Å². The van der Waals surface area contributed by atoms with Crippen LogP contribution in [0.5, 0.6) is 0 Å². The summed E-state index contributed by atoms with van der Waals surface area (Å²) in [4.78, 5) is 24.9. The van der Waals surface area contributed by atoms with Crippen molar-refractivity contribution in [1.82, 2.24) is 4.31 Å². The molecule has 1 saturated heterocycles. The molecule has 0 spiro atoms. The van der Waals surface area contributed by atoms with Crippen molar-refractivity contribution < 1.29 is 19.1 Å². The molecule has 1 fully saturated rings. The van der Waals surface area contributed by atoms with Crippen molar-refractivity contribution in [3.63, 3.8) is 0 Å². The average molecular weight is 397 g/mol. The van der Waals surface area contributed by atoms with Gasteiger partial charge in [0.15, 0.2) is 5.94 Å². The van der Waals surface area contributed by atoms with Crippen molar-refractivity contribution in [2.24, 2.45) is 0 Å². The SMILES string of the molecule is CCCCC1C(=O)OCSN1C(=O)OCC1c2ccccc2-c2ccccc21. The maximum atomic E-state index is 12.8. The summed E-state index contributed by atoms with van der Waals surface area (Å²) in [5.74, 6) is -0.195. The van der Waals surface area contributed by atoms with E-state index in [4.69, 9.17) is 9.47 Å². The van der Waals surface area contributed by atoms with Gasteiger partial charge in [0.05, 0.1) is 0 Å². The highest BCUT2D eigenvalue weighted by Gasteiger charge is 2.37. The number of unbranched alkanes of at least 4 members (excludes halogenated alkanes) is 1. The van der Waals surface area contributed by atoms with Crippen molar-refractivity contribution >= 4 is 24.0 Å². The van der Waals surface area contributed by atoms with Crippen LogP contribution in [0, 0.1) is 0 Å². The van der Waals surface area contributed by atoms with Crippen molar-refractivity contribution in [1.29, 1.82) is 0 Å². The number of hydrogen-bond donors (Lipinski definition) is 0. The van der Waals surface area contributed by atoms with Gasteiger partial charge in [-0.2, -0.15) is 0 Å². The van der Waals surface area contributed by atoms with E-state index >= 15 is 0 Å². The zero-order valence-corrected chi connectivity index (χ0v) is 16.6. The van der Waals surface area contributed by atoms with Crippen LogP contribution in [-0.2, 0) is 14.3 Å². The lowest BCUT2D eigenvalue weighted by Crippen LogP contribution is -2.45. The number of cyclic esters (lactones) is 1. The van der Waals surface area contributed by atoms with E-state index in [-0.39, 0.29) is 24.4 Å². The number of carbonyl (C=O) groups excluding carboxylic acids is 2. The van der Waals surface area contributed by atoms with Gasteiger partial charge in [-0.1, -0.05) is 68.3 Å². The van der Waals surface area contributed by atoms with Crippen LogP contribution in [0.1, 0.15) is 43.2 Å². The summed E-state index contributed by atoms with van der Waals surface area (Å²) < 4.78 is 12.3. The molecule has 6 heteroatoms. The fraction of sp³-hybridized carbons (Fsp3) is 0.364. The Labute approximate surface area is 169 Å². The minimum absolute atomic E-state index is 0.00665. The summed E-state index contributed by atoms with van der Waals surface area (Å²) >= 11 is 1.20. The lowest BCUT2D eigenvalue weighted by Gasteiger charge is -2.32. The van der Waals surface area contributed by atoms with Gasteiger partial charge in [-0.05, 0) is 40.6 Å². The second kappa shape index (κ2) is 8.27. The second-order valence-electron chi connectivity index (χ2n) is 7.00. The Balaban J connectivity index is 1.49. The molecular formula is C22H23NO4S. The number of amides is 1. The van der Waals surface area contributed by atoms with Crippen LogP contribution in [0.2, 0.25) is 0 Å². The van der Waals surface area contributed by atoms with Crippen LogP contribution in [0.4, 0.5) is 4.79 Å². The third kappa shape index (κ3) is 3.49. The van der Waals surface area contributed by atoms with Crippen LogP contribution in [0.15, 0.2) is 48.5 Å². The molecule has 0 bridgehead atoms. The van der Waals surface area contributed by atoms with E-state index in [9.17, 15) is 9.59 Å². The molecule has 0 radical (unpaired) electrons. The first kappa shape index (κ1) is 18.9. The summed E-state index contributed by atoms with van der Waals surface area (Å²) in [7, 11) is 0. The van der Waals surface area contributed by atoms with Crippen LogP contribution < -0.4 is 0 Å². The standard InChI is InChI=1S/C22H23NO4S/c1-2-3-12-20-21(24)27-14-28-23(20)22(25)26-13-19-17-10-6-4-8-15(17)16-9-5-7-11-18(16)19/h4-11,19-20H,2-3,12-14H2,1H3. The van der Waals surface area contributed by atoms with Crippen molar-refractivity contribution in [3.8, 4) is 11.1 Å². The molecule has 2 aromatic carbocycles. The van der Waals surface area contributed by atoms with E-state index in [2.05, 4.69) is 31.2 Å². The third-order valence-electron chi connectivity index (χ3n) is 5.30. The molecule has 1 aliphatic carbocycles. The highest BCUT2D eigenvalue weighted by Crippen LogP contribution is 2.44. The minimum Gasteiger partial charge on any atom is -0.451 e. The summed E-state index contributed by atoms with van der Waals surface area (Å²) in [6.45, 7) is 2.30. The normalized spacial score (nSPS) is 18.4. The molecule has 2 aliphatic rings. The molecule has 1 amide bonds. The smallest absolute Gasteiger partial charge is 0.420 e. The maximum Gasteiger partial charge on any atom is 0.420 e. The number of carbonyl (C=O) groups is 2. The van der Waals surface area contributed by atoms with E-state index in [1.54, 1.807) is 0 Å². The van der Waals surface area contributed by atoms with E-state index in [0.29, 0.717) is 6.42 Å². The van der Waals surface area contributed by atoms with Gasteiger partial charge >= 0.3 is 12.1 Å². The number of nitrogens with zero attached hydrogens (tertiary/aromatic N) is 1. The van der Waals surface area contributed by atoms with Crippen molar-refractivity contribution in [2.75, 3.05) is 12.5 Å². The maximum absolute atomic E-state index is 12.8. The second-order valence-corrected chi connectivity index (χ2v) is 7.89. The number of esters is 1. The highest BCUT2D eigenvalue weighted by atomic mass is 32.2. The number of benzene rings is 2. The largest absolute Gasteiger partial charge is 0.451 e. The lowest BCUT2D eigenvalue weighted by molar-refractivity contribution is -0.147. The number of fused-ring (bicyclic) bond motifs is 3. The first-order valence-corrected chi connectivity index (χ1v) is 10.6. The van der Waals surface area contributed by atoms with Gasteiger partial charge < -0.3 is 9.47 Å². The van der Waals surface area contributed by atoms with Gasteiger partial charge in [0.25, 0.3) is 0 Å². The number of hydrogen-bond acceptors (Lipinski definition) is 5. The van der Waals surface area contributed by atoms with Gasteiger partial charge in [-0.3, -0.25) is 0 Å². The predicted molar refractivity (Wildman–Crippen MR) is 109 cm³/mol. The van der Waals surface area contributed by atoms with Crippen LogP contribution in [0.3, 0.4) is 0 Å². The highest BCUT2D eigenvalue weighted by molar-refractivity contribution is 7.97. The molecule has 4 rings (SSSR count). The Bertz CT molecular complexity index is 839. The summed E-state index contributed by atoms with van der Waals surface area (Å²) in [6, 6.07) is 15.9. The average Bonchev–Trinajstić information content (AvgIpc) is 3.05. The predicted octanol–water partition coefficient (Wildman–Crippen LogP) is 4.96. The summed E-state index contributed by atoms with van der Waals surface area (Å²) in [5, 5.41) is 0. The van der Waals surface area contributed by atoms with E-state index in [1.165, 1.54) is 38.5 Å². The fourth-order valence-electron chi connectivity index (χ4n) is 3.89. The van der Waals surface area contributed by atoms with Gasteiger partial charge in [0.2, 0.25) is 0 Å². The molecule has 5 nitrogen and oxygen atoms in total. The Morgan fingerprint density at radius 2 is 1.79 bits per heavy atom. The zero-order chi connectivity index (χ0) is 19.5. The molecule has 28 heavy (non-hydrogen) atoms. The number of ether oxygens (including phenoxy) is 2. The lowest BCUT2D eigenvalue weighted by atomic mass is 9.98. The van der Waals surface area contributed by atoms with E-state index in [1.807, 2.05) is 24.3 Å². The molecular weight excluding hydrogens is 374 g/mol. The Morgan fingerprint density at radius 3 is 2.43 bits per heavy atom. The monoisotopic (exact) mass is 397 g/mol. The molecule has 0 N–H and O–H groups in total. The van der Waals surface area contributed by atoms with Crippen LogP contribution in [-0.4, -0.2) is 35.0 Å². The molecule has 0 saturated carbocycles. The molecule has 1 atom stereocenters. The Hall–Kier alpha value is -2.47. The molecule has 2 aromatic rings. The van der Waals surface area contributed by atoms with Gasteiger partial charge in [-0.15, -0.1) is 0 Å². The Kier molecular flexibility index (Phi) is 5.57. The Morgan fingerprint density at radius 1 is 1.14 bits per heavy atom. The van der Waals surface area contributed by atoms with Crippen LogP contribution >= 0.6 is 11.9 Å². The molecule has 1 heterocycles. The first-order valence-electron chi connectivity index (χ1n) is 9.64. The summed E-state index contributed by atoms with van der Waals surface area (Å²) in [6.07, 6.45) is 1.93. The van der Waals surface area contributed by atoms with E-state index < -0.39 is 12.1 Å². The molecule has 146 valence electrons. The fourth-order valence-corrected chi connectivity index (χ4v) is 4.71. The molecule has 0 aromatic heterocycles. The molecule has 1 aliphatic heterocycles. The van der Waals surface area contributed by atoms with Gasteiger partial charge in [-0.25, -0.2) is 13.9 Å². The van der Waals surface area contributed by atoms with Gasteiger partial charge in [0.1, 0.15) is 12.6 Å². The van der Waals surface area contributed by atoms with Crippen molar-refractivity contribution in [3.05, 3.63) is 59.7 Å². The number of rotatable bonds is 5. The van der Waals surface area contributed by atoms with Crippen LogP contribution in [0.25, 0.3) is 11.1 Å². The van der Waals surface area contributed by atoms with Crippen molar-refractivity contribution in [2.45, 2.75) is 38.1 Å². The molecule has 1 unspecified atom stereocenters. The summed E-state index contributed by atoms with van der Waals surface area (Å²) in [5.41, 5.74) is 4.72.